The fourth-order valence-corrected chi connectivity index (χ4v) is 3.57. The summed E-state index contributed by atoms with van der Waals surface area (Å²) in [5, 5.41) is 5.15. The average Bonchev–Trinajstić information content (AvgIpc) is 2.99. The second kappa shape index (κ2) is 11.2. The van der Waals surface area contributed by atoms with Crippen LogP contribution in [0.5, 0.6) is 0 Å². The fourth-order valence-electron chi connectivity index (χ4n) is 3.57. The Kier molecular flexibility index (Phi) is 8.40. The number of nitrogens with one attached hydrogen (secondary N) is 2. The molecule has 1 saturated heterocycles. The molecule has 33 heavy (non-hydrogen) atoms. The second-order valence-electron chi connectivity index (χ2n) is 7.93. The van der Waals surface area contributed by atoms with Crippen molar-refractivity contribution in [3.63, 3.8) is 0 Å². The summed E-state index contributed by atoms with van der Waals surface area (Å²) in [6.45, 7) is 3.30. The molecule has 0 saturated carbocycles. The smallest absolute Gasteiger partial charge is 0.346 e. The van der Waals surface area contributed by atoms with Gasteiger partial charge in [0, 0.05) is 25.3 Å². The molecule has 2 aromatic carbocycles. The van der Waals surface area contributed by atoms with Crippen molar-refractivity contribution in [2.45, 2.75) is 19.1 Å². The van der Waals surface area contributed by atoms with Crippen LogP contribution in [0.4, 0.5) is 23.2 Å². The minimum absolute atomic E-state index is 0.151. The number of carbonyl (C=O) groups excluding carboxylic acids is 2. The Morgan fingerprint density at radius 1 is 0.848 bits per heavy atom. The number of benzene rings is 2. The highest BCUT2D eigenvalue weighted by molar-refractivity contribution is 5.94. The number of halogens is 4. The van der Waals surface area contributed by atoms with Crippen LogP contribution in [0.25, 0.3) is 0 Å². The highest BCUT2D eigenvalue weighted by atomic mass is 19.4. The summed E-state index contributed by atoms with van der Waals surface area (Å²) >= 11 is 0. The molecule has 2 aromatic rings. The van der Waals surface area contributed by atoms with Crippen LogP contribution in [0.15, 0.2) is 48.5 Å². The zero-order valence-corrected chi connectivity index (χ0v) is 18.0. The third kappa shape index (κ3) is 8.14. The highest BCUT2D eigenvalue weighted by Gasteiger charge is 2.30. The van der Waals surface area contributed by atoms with Crippen LogP contribution in [0.1, 0.15) is 17.5 Å². The molecule has 0 spiro atoms. The molecule has 0 unspecified atom stereocenters. The lowest BCUT2D eigenvalue weighted by molar-refractivity contribution is -0.137. The maximum Gasteiger partial charge on any atom is 0.416 e. The third-order valence-corrected chi connectivity index (χ3v) is 5.31. The number of hydrogen-bond donors (Lipinski definition) is 2. The number of rotatable bonds is 7. The van der Waals surface area contributed by atoms with Gasteiger partial charge in [-0.05, 0) is 61.5 Å². The van der Waals surface area contributed by atoms with Crippen LogP contribution in [0.2, 0.25) is 0 Å². The number of nitrogens with zero attached hydrogens (tertiary/aromatic N) is 2. The summed E-state index contributed by atoms with van der Waals surface area (Å²) < 4.78 is 51.0. The van der Waals surface area contributed by atoms with E-state index in [1.807, 2.05) is 4.90 Å². The predicted octanol–water partition coefficient (Wildman–Crippen LogP) is 3.11. The maximum atomic E-state index is 12.9. The van der Waals surface area contributed by atoms with Crippen LogP contribution in [0.3, 0.4) is 0 Å². The van der Waals surface area contributed by atoms with Gasteiger partial charge in [0.1, 0.15) is 5.82 Å². The van der Waals surface area contributed by atoms with Crippen molar-refractivity contribution in [3.05, 3.63) is 65.5 Å². The third-order valence-electron chi connectivity index (χ3n) is 5.31. The first-order chi connectivity index (χ1) is 15.7. The number of hydrogen-bond acceptors (Lipinski definition) is 4. The number of anilines is 1. The Balaban J connectivity index is 1.39. The summed E-state index contributed by atoms with van der Waals surface area (Å²) in [5.41, 5.74) is 0.586. The number of carbonyl (C=O) groups is 2. The van der Waals surface area contributed by atoms with Gasteiger partial charge in [0.05, 0.1) is 18.7 Å². The van der Waals surface area contributed by atoms with Crippen molar-refractivity contribution in [2.75, 3.05) is 44.6 Å². The van der Waals surface area contributed by atoms with Gasteiger partial charge in [-0.1, -0.05) is 12.1 Å². The van der Waals surface area contributed by atoms with Gasteiger partial charge >= 0.3 is 6.18 Å². The first kappa shape index (κ1) is 24.7. The highest BCUT2D eigenvalue weighted by Crippen LogP contribution is 2.29. The van der Waals surface area contributed by atoms with Gasteiger partial charge in [0.15, 0.2) is 0 Å². The van der Waals surface area contributed by atoms with Gasteiger partial charge in [-0.2, -0.15) is 13.2 Å². The normalized spacial score (nSPS) is 15.6. The fraction of sp³-hybridized carbons (Fsp3) is 0.391. The van der Waals surface area contributed by atoms with Crippen LogP contribution < -0.4 is 10.6 Å². The maximum absolute atomic E-state index is 12.9. The van der Waals surface area contributed by atoms with E-state index in [1.165, 1.54) is 36.4 Å². The van der Waals surface area contributed by atoms with Crippen molar-refractivity contribution in [1.29, 1.82) is 0 Å². The molecule has 3 rings (SSSR count). The Bertz CT molecular complexity index is 933. The molecule has 0 bridgehead atoms. The average molecular weight is 466 g/mol. The monoisotopic (exact) mass is 466 g/mol. The molecule has 2 N–H and O–H groups in total. The Labute approximate surface area is 189 Å². The molecule has 178 valence electrons. The minimum Gasteiger partial charge on any atom is -0.346 e. The quantitative estimate of drug-likeness (QED) is 0.616. The summed E-state index contributed by atoms with van der Waals surface area (Å²) in [6.07, 6.45) is -3.52. The molecule has 1 heterocycles. The molecular formula is C23H26F4N4O2. The standard InChI is InChI=1S/C23H26F4N4O2/c24-19-6-8-20(9-7-19)29-21(32)14-28-22(33)16-31-11-1-10-30(12-13-31)15-17-2-4-18(5-3-17)23(25,26)27/h2-9H,1,10-16H2,(H,28,33)(H,29,32). The molecule has 1 aliphatic heterocycles. The van der Waals surface area contributed by atoms with Gasteiger partial charge in [0.25, 0.3) is 0 Å². The topological polar surface area (TPSA) is 64.7 Å². The van der Waals surface area contributed by atoms with Crippen molar-refractivity contribution in [3.8, 4) is 0 Å². The van der Waals surface area contributed by atoms with Crippen LogP contribution in [-0.2, 0) is 22.3 Å². The molecule has 2 amide bonds. The summed E-state index contributed by atoms with van der Waals surface area (Å²) in [4.78, 5) is 28.3. The SMILES string of the molecule is O=C(CN1CCCN(Cc2ccc(C(F)(F)F)cc2)CC1)NCC(=O)Nc1ccc(F)cc1. The molecule has 6 nitrogen and oxygen atoms in total. The van der Waals surface area contributed by atoms with Crippen LogP contribution in [0, 0.1) is 5.82 Å². The van der Waals surface area contributed by atoms with E-state index < -0.39 is 23.5 Å². The zero-order chi connectivity index (χ0) is 23.8. The van der Waals surface area contributed by atoms with Gasteiger partial charge in [-0.15, -0.1) is 0 Å². The summed E-state index contributed by atoms with van der Waals surface area (Å²) in [7, 11) is 0. The lowest BCUT2D eigenvalue weighted by Crippen LogP contribution is -2.41. The number of amides is 2. The van der Waals surface area contributed by atoms with Gasteiger partial charge in [-0.25, -0.2) is 4.39 Å². The van der Waals surface area contributed by atoms with Gasteiger partial charge < -0.3 is 10.6 Å². The molecule has 10 heteroatoms. The Hall–Kier alpha value is -2.98. The largest absolute Gasteiger partial charge is 0.416 e. The predicted molar refractivity (Wildman–Crippen MR) is 116 cm³/mol. The van der Waals surface area contributed by atoms with E-state index >= 15 is 0 Å². The van der Waals surface area contributed by atoms with E-state index in [9.17, 15) is 27.2 Å². The molecule has 0 aliphatic carbocycles. The van der Waals surface area contributed by atoms with Crippen molar-refractivity contribution in [1.82, 2.24) is 15.1 Å². The van der Waals surface area contributed by atoms with E-state index in [1.54, 1.807) is 0 Å². The van der Waals surface area contributed by atoms with Crippen LogP contribution in [-0.4, -0.2) is 60.9 Å². The Morgan fingerprint density at radius 2 is 1.48 bits per heavy atom. The molecule has 1 aliphatic rings. The lowest BCUT2D eigenvalue weighted by Gasteiger charge is -2.21. The first-order valence-corrected chi connectivity index (χ1v) is 10.6. The first-order valence-electron chi connectivity index (χ1n) is 10.6. The zero-order valence-electron chi connectivity index (χ0n) is 18.0. The number of alkyl halides is 3. The molecule has 0 radical (unpaired) electrons. The minimum atomic E-state index is -4.34. The Morgan fingerprint density at radius 3 is 2.15 bits per heavy atom. The summed E-state index contributed by atoms with van der Waals surface area (Å²) in [6, 6.07) is 10.5. The molecular weight excluding hydrogens is 440 g/mol. The molecule has 1 fully saturated rings. The van der Waals surface area contributed by atoms with Crippen molar-refractivity contribution < 1.29 is 27.2 Å². The van der Waals surface area contributed by atoms with Gasteiger partial charge in [0.2, 0.25) is 11.8 Å². The van der Waals surface area contributed by atoms with E-state index in [4.69, 9.17) is 0 Å². The van der Waals surface area contributed by atoms with Crippen molar-refractivity contribution >= 4 is 17.5 Å². The van der Waals surface area contributed by atoms with E-state index in [-0.39, 0.29) is 19.0 Å². The summed E-state index contributed by atoms with van der Waals surface area (Å²) in [5.74, 6) is -1.09. The second-order valence-corrected chi connectivity index (χ2v) is 7.93. The van der Waals surface area contributed by atoms with E-state index in [0.29, 0.717) is 31.9 Å². The van der Waals surface area contributed by atoms with Gasteiger partial charge in [-0.3, -0.25) is 19.4 Å². The van der Waals surface area contributed by atoms with E-state index in [0.717, 1.165) is 30.7 Å². The van der Waals surface area contributed by atoms with Crippen molar-refractivity contribution in [2.24, 2.45) is 0 Å². The lowest BCUT2D eigenvalue weighted by atomic mass is 10.1. The van der Waals surface area contributed by atoms with E-state index in [2.05, 4.69) is 15.5 Å². The van der Waals surface area contributed by atoms with Crippen LogP contribution >= 0.6 is 0 Å². The molecule has 0 atom stereocenters. The molecule has 0 aromatic heterocycles.